The SMILES string of the molecule is Cc1ncc(CO)c(CN2CC[C@](C)(O)[C@H](CC(C)C)C2)c1O. The highest BCUT2D eigenvalue weighted by Gasteiger charge is 2.37. The van der Waals surface area contributed by atoms with E-state index in [1.807, 2.05) is 6.92 Å². The lowest BCUT2D eigenvalue weighted by atomic mass is 9.78. The lowest BCUT2D eigenvalue weighted by molar-refractivity contribution is -0.0666. The van der Waals surface area contributed by atoms with Gasteiger partial charge in [0.2, 0.25) is 0 Å². The normalized spacial score (nSPS) is 26.0. The molecule has 130 valence electrons. The zero-order valence-corrected chi connectivity index (χ0v) is 14.7. The number of aliphatic hydroxyl groups excluding tert-OH is 1. The summed E-state index contributed by atoms with van der Waals surface area (Å²) in [5.41, 5.74) is 1.38. The number of aromatic hydroxyl groups is 1. The van der Waals surface area contributed by atoms with E-state index in [2.05, 4.69) is 23.7 Å². The van der Waals surface area contributed by atoms with Gasteiger partial charge in [-0.1, -0.05) is 13.8 Å². The number of piperidine rings is 1. The number of hydrogen-bond donors (Lipinski definition) is 3. The van der Waals surface area contributed by atoms with Crippen molar-refractivity contribution in [2.75, 3.05) is 13.1 Å². The number of hydrogen-bond acceptors (Lipinski definition) is 5. The summed E-state index contributed by atoms with van der Waals surface area (Å²) >= 11 is 0. The maximum atomic E-state index is 10.6. The van der Waals surface area contributed by atoms with Gasteiger partial charge in [0.25, 0.3) is 0 Å². The highest BCUT2D eigenvalue weighted by molar-refractivity contribution is 5.40. The lowest BCUT2D eigenvalue weighted by Crippen LogP contribution is -2.50. The standard InChI is InChI=1S/C18H30N2O3/c1-12(2)7-15-9-20(6-5-18(15,4)23)10-16-14(11-21)8-19-13(3)17(16)22/h8,12,15,21-23H,5-7,9-11H2,1-4H3/t15-,18+/m1/s1. The maximum absolute atomic E-state index is 10.6. The molecule has 1 fully saturated rings. The van der Waals surface area contributed by atoms with Crippen LogP contribution in [0.3, 0.4) is 0 Å². The summed E-state index contributed by atoms with van der Waals surface area (Å²) in [5, 5.41) is 30.5. The molecule has 1 aromatic rings. The monoisotopic (exact) mass is 322 g/mol. The summed E-state index contributed by atoms with van der Waals surface area (Å²) < 4.78 is 0. The first kappa shape index (κ1) is 18.2. The molecule has 0 amide bonds. The fourth-order valence-corrected chi connectivity index (χ4v) is 3.45. The molecule has 0 saturated carbocycles. The van der Waals surface area contributed by atoms with Gasteiger partial charge in [-0.15, -0.1) is 0 Å². The van der Waals surface area contributed by atoms with Gasteiger partial charge in [0.1, 0.15) is 5.75 Å². The van der Waals surface area contributed by atoms with Crippen LogP contribution in [0.2, 0.25) is 0 Å². The van der Waals surface area contributed by atoms with Gasteiger partial charge in [0.15, 0.2) is 0 Å². The van der Waals surface area contributed by atoms with Crippen molar-refractivity contribution in [1.29, 1.82) is 0 Å². The molecule has 0 spiro atoms. The van der Waals surface area contributed by atoms with E-state index in [1.54, 1.807) is 13.1 Å². The zero-order valence-electron chi connectivity index (χ0n) is 14.7. The molecular formula is C18H30N2O3. The molecular weight excluding hydrogens is 292 g/mol. The van der Waals surface area contributed by atoms with Crippen LogP contribution in [0, 0.1) is 18.8 Å². The van der Waals surface area contributed by atoms with Crippen LogP contribution in [-0.4, -0.2) is 43.9 Å². The van der Waals surface area contributed by atoms with Crippen LogP contribution in [0.4, 0.5) is 0 Å². The van der Waals surface area contributed by atoms with Crippen molar-refractivity contribution in [3.05, 3.63) is 23.0 Å². The molecule has 1 aliphatic rings. The molecule has 1 aromatic heterocycles. The van der Waals surface area contributed by atoms with Crippen LogP contribution < -0.4 is 0 Å². The van der Waals surface area contributed by atoms with E-state index in [9.17, 15) is 15.3 Å². The summed E-state index contributed by atoms with van der Waals surface area (Å²) in [4.78, 5) is 6.37. The van der Waals surface area contributed by atoms with Crippen molar-refractivity contribution in [1.82, 2.24) is 9.88 Å². The van der Waals surface area contributed by atoms with E-state index >= 15 is 0 Å². The Labute approximate surface area is 139 Å². The van der Waals surface area contributed by atoms with Gasteiger partial charge in [-0.3, -0.25) is 9.88 Å². The molecule has 0 aromatic carbocycles. The van der Waals surface area contributed by atoms with Gasteiger partial charge in [0, 0.05) is 42.9 Å². The molecule has 3 N–H and O–H groups in total. The maximum Gasteiger partial charge on any atom is 0.141 e. The Balaban J connectivity index is 2.17. The Kier molecular flexibility index (Phi) is 5.65. The second kappa shape index (κ2) is 7.16. The molecule has 23 heavy (non-hydrogen) atoms. The molecule has 2 heterocycles. The van der Waals surface area contributed by atoms with Crippen molar-refractivity contribution >= 4 is 0 Å². The van der Waals surface area contributed by atoms with Crippen LogP contribution in [-0.2, 0) is 13.2 Å². The van der Waals surface area contributed by atoms with Crippen LogP contribution in [0.1, 0.15) is 50.4 Å². The molecule has 5 heteroatoms. The van der Waals surface area contributed by atoms with Gasteiger partial charge < -0.3 is 15.3 Å². The minimum Gasteiger partial charge on any atom is -0.506 e. The molecule has 0 bridgehead atoms. The van der Waals surface area contributed by atoms with E-state index in [1.165, 1.54) is 0 Å². The van der Waals surface area contributed by atoms with Crippen molar-refractivity contribution in [2.24, 2.45) is 11.8 Å². The average molecular weight is 322 g/mol. The van der Waals surface area contributed by atoms with E-state index < -0.39 is 5.60 Å². The second-order valence-corrected chi connectivity index (χ2v) is 7.52. The summed E-state index contributed by atoms with van der Waals surface area (Å²) in [6, 6.07) is 0. The minimum atomic E-state index is -0.628. The lowest BCUT2D eigenvalue weighted by Gasteiger charge is -2.43. The first-order valence-corrected chi connectivity index (χ1v) is 8.46. The largest absolute Gasteiger partial charge is 0.506 e. The van der Waals surface area contributed by atoms with Crippen molar-refractivity contribution in [3.63, 3.8) is 0 Å². The third-order valence-electron chi connectivity index (χ3n) is 5.03. The van der Waals surface area contributed by atoms with Crippen molar-refractivity contribution in [3.8, 4) is 5.75 Å². The molecule has 2 rings (SSSR count). The molecule has 5 nitrogen and oxygen atoms in total. The molecule has 0 unspecified atom stereocenters. The molecule has 1 aliphatic heterocycles. The summed E-state index contributed by atoms with van der Waals surface area (Å²) in [6.45, 7) is 10.1. The van der Waals surface area contributed by atoms with Crippen LogP contribution in [0.15, 0.2) is 6.20 Å². The smallest absolute Gasteiger partial charge is 0.141 e. The van der Waals surface area contributed by atoms with E-state index in [0.29, 0.717) is 23.7 Å². The first-order valence-electron chi connectivity index (χ1n) is 8.46. The van der Waals surface area contributed by atoms with Gasteiger partial charge in [-0.05, 0) is 32.6 Å². The molecule has 0 radical (unpaired) electrons. The van der Waals surface area contributed by atoms with Crippen LogP contribution in [0.5, 0.6) is 5.75 Å². The summed E-state index contributed by atoms with van der Waals surface area (Å²) in [6.07, 6.45) is 3.34. The van der Waals surface area contributed by atoms with Gasteiger partial charge >= 0.3 is 0 Å². The van der Waals surface area contributed by atoms with E-state index in [4.69, 9.17) is 0 Å². The third kappa shape index (κ3) is 4.22. The van der Waals surface area contributed by atoms with Gasteiger partial charge in [0.05, 0.1) is 17.9 Å². The average Bonchev–Trinajstić information content (AvgIpc) is 2.47. The molecule has 0 aliphatic carbocycles. The van der Waals surface area contributed by atoms with Gasteiger partial charge in [-0.2, -0.15) is 0 Å². The Hall–Kier alpha value is -1.17. The minimum absolute atomic E-state index is 0.128. The third-order valence-corrected chi connectivity index (χ3v) is 5.03. The van der Waals surface area contributed by atoms with Crippen molar-refractivity contribution < 1.29 is 15.3 Å². The summed E-state index contributed by atoms with van der Waals surface area (Å²) in [7, 11) is 0. The number of aryl methyl sites for hydroxylation is 1. The Morgan fingerprint density at radius 3 is 2.74 bits per heavy atom. The highest BCUT2D eigenvalue weighted by atomic mass is 16.3. The number of rotatable bonds is 5. The molecule has 2 atom stereocenters. The number of nitrogens with zero attached hydrogens (tertiary/aromatic N) is 2. The molecule has 1 saturated heterocycles. The number of pyridine rings is 1. The first-order chi connectivity index (χ1) is 10.7. The predicted octanol–water partition coefficient (Wildman–Crippen LogP) is 2.21. The zero-order chi connectivity index (χ0) is 17.2. The number of aliphatic hydroxyl groups is 2. The van der Waals surface area contributed by atoms with Crippen molar-refractivity contribution in [2.45, 2.75) is 59.3 Å². The number of likely N-dealkylation sites (tertiary alicyclic amines) is 1. The van der Waals surface area contributed by atoms with E-state index in [-0.39, 0.29) is 18.3 Å². The fraction of sp³-hybridized carbons (Fsp3) is 0.722. The van der Waals surface area contributed by atoms with Crippen LogP contribution in [0.25, 0.3) is 0 Å². The van der Waals surface area contributed by atoms with E-state index in [0.717, 1.165) is 31.5 Å². The summed E-state index contributed by atoms with van der Waals surface area (Å²) in [5.74, 6) is 0.934. The van der Waals surface area contributed by atoms with Crippen LogP contribution >= 0.6 is 0 Å². The Bertz CT molecular complexity index is 543. The number of aromatic nitrogens is 1. The Morgan fingerprint density at radius 1 is 1.43 bits per heavy atom. The Morgan fingerprint density at radius 2 is 2.13 bits per heavy atom. The topological polar surface area (TPSA) is 76.8 Å². The highest BCUT2D eigenvalue weighted by Crippen LogP contribution is 2.34. The van der Waals surface area contributed by atoms with Gasteiger partial charge in [-0.25, -0.2) is 0 Å². The predicted molar refractivity (Wildman–Crippen MR) is 90.0 cm³/mol. The quantitative estimate of drug-likeness (QED) is 0.775. The fourth-order valence-electron chi connectivity index (χ4n) is 3.45. The second-order valence-electron chi connectivity index (χ2n) is 7.52.